The van der Waals surface area contributed by atoms with Crippen molar-refractivity contribution < 1.29 is 15.5 Å². The van der Waals surface area contributed by atoms with Crippen LogP contribution >= 0.6 is 12.4 Å². The minimum Gasteiger partial charge on any atom is -0.147 e. The first kappa shape index (κ1) is 10.5. The molecule has 7 heavy (non-hydrogen) atoms. The summed E-state index contributed by atoms with van der Waals surface area (Å²) in [6.07, 6.45) is 2.85. The summed E-state index contributed by atoms with van der Waals surface area (Å²) in [5, 5.41) is 0. The molecule has 0 rings (SSSR count). The van der Waals surface area contributed by atoms with Crippen molar-refractivity contribution >= 4 is 12.4 Å². The minimum atomic E-state index is 0. The predicted octanol–water partition coefficient (Wildman–Crippen LogP) is 2.34. The summed E-state index contributed by atoms with van der Waals surface area (Å²) in [7, 11) is 0. The van der Waals surface area contributed by atoms with E-state index in [-0.39, 0.29) is 12.4 Å². The van der Waals surface area contributed by atoms with Crippen molar-refractivity contribution in [2.75, 3.05) is 0 Å². The van der Waals surface area contributed by atoms with Gasteiger partial charge in [0.1, 0.15) is 0 Å². The fourth-order valence-electron chi connectivity index (χ4n) is 0.167. The van der Waals surface area contributed by atoms with E-state index in [1.807, 2.05) is 0 Å². The second-order valence-corrected chi connectivity index (χ2v) is 1.85. The first-order valence-electron chi connectivity index (χ1n) is 2.04. The van der Waals surface area contributed by atoms with Crippen molar-refractivity contribution in [2.45, 2.75) is 18.2 Å². The molecule has 0 saturated heterocycles. The maximum atomic E-state index is 4.56. The van der Waals surface area contributed by atoms with Crippen LogP contribution in [0.5, 0.6) is 0 Å². The summed E-state index contributed by atoms with van der Waals surface area (Å²) in [5.74, 6) is 0. The van der Waals surface area contributed by atoms with Gasteiger partial charge in [0.25, 0.3) is 0 Å². The van der Waals surface area contributed by atoms with E-state index in [1.54, 1.807) is 6.08 Å². The van der Waals surface area contributed by atoms with Crippen LogP contribution in [0.2, 0.25) is 4.89 Å². The van der Waals surface area contributed by atoms with Crippen LogP contribution in [0, 0.1) is 0 Å². The molecule has 0 aromatic rings. The molecule has 0 aliphatic heterocycles. The quantitative estimate of drug-likeness (QED) is 0.434. The van der Waals surface area contributed by atoms with E-state index in [0.717, 1.165) is 6.42 Å². The molecule has 1 atom stereocenters. The fraction of sp³-hybridized carbons (Fsp3) is 0.600. The van der Waals surface area contributed by atoms with Crippen LogP contribution in [0.25, 0.3) is 0 Å². The van der Waals surface area contributed by atoms with Crippen LogP contribution in [0.15, 0.2) is 12.7 Å². The summed E-state index contributed by atoms with van der Waals surface area (Å²) in [6, 6.07) is 0. The van der Waals surface area contributed by atoms with E-state index >= 15 is 0 Å². The Kier molecular flexibility index (Phi) is 9.78. The topological polar surface area (TPSA) is 0 Å². The molecule has 0 spiro atoms. The van der Waals surface area contributed by atoms with Crippen LogP contribution in [0.4, 0.5) is 0 Å². The molecule has 0 nitrogen and oxygen atoms in total. The van der Waals surface area contributed by atoms with Crippen molar-refractivity contribution in [1.82, 2.24) is 0 Å². The Morgan fingerprint density at radius 2 is 2.29 bits per heavy atom. The van der Waals surface area contributed by atoms with E-state index in [9.17, 15) is 0 Å². The normalized spacial score (nSPS) is 11.9. The van der Waals surface area contributed by atoms with E-state index in [2.05, 4.69) is 29.0 Å². The second-order valence-electron chi connectivity index (χ2n) is 1.11. The molecule has 0 heterocycles. The Hall–Kier alpha value is 0.524. The fourth-order valence-corrected chi connectivity index (χ4v) is 0.167. The van der Waals surface area contributed by atoms with E-state index in [4.69, 9.17) is 0 Å². The molecule has 0 bridgehead atoms. The summed E-state index contributed by atoms with van der Waals surface area (Å²) in [4.78, 5) is 0.324. The van der Waals surface area contributed by atoms with Crippen LogP contribution < -0.4 is 0 Å². The monoisotopic (exact) mass is 163 g/mol. The third-order valence-corrected chi connectivity index (χ3v) is 1.24. The van der Waals surface area contributed by atoms with E-state index in [1.165, 1.54) is 0 Å². The molecule has 0 radical (unpaired) electrons. The number of allylic oxidation sites excluding steroid dienone is 1. The molecule has 0 aromatic heterocycles. The third kappa shape index (κ3) is 6.52. The van der Waals surface area contributed by atoms with Gasteiger partial charge in [-0.2, -0.15) is 0 Å². The maximum Gasteiger partial charge on any atom is -0.147 e. The zero-order valence-electron chi connectivity index (χ0n) is 4.29. The standard InChI is InChI=1S/C5H9.ClH.Ni/c1-3-5-4-2;;/h3,5H,1,4H2,2H3;1H;. The Morgan fingerprint density at radius 1 is 1.86 bits per heavy atom. The van der Waals surface area contributed by atoms with Gasteiger partial charge in [-0.1, -0.05) is 0 Å². The molecule has 47 valence electrons. The van der Waals surface area contributed by atoms with Gasteiger partial charge in [-0.15, -0.1) is 12.4 Å². The number of halogens is 1. The molecule has 0 saturated carbocycles. The average Bonchev–Trinajstić information content (AvgIpc) is 1.65. The van der Waals surface area contributed by atoms with Gasteiger partial charge in [0, 0.05) is 0 Å². The van der Waals surface area contributed by atoms with Crippen LogP contribution in [0.1, 0.15) is 13.3 Å². The van der Waals surface area contributed by atoms with Gasteiger partial charge in [-0.25, -0.2) is 0 Å². The van der Waals surface area contributed by atoms with Crippen LogP contribution in [0.3, 0.4) is 0 Å². The van der Waals surface area contributed by atoms with Gasteiger partial charge in [-0.3, -0.25) is 0 Å². The van der Waals surface area contributed by atoms with Crippen LogP contribution in [-0.4, -0.2) is 0 Å². The molecule has 1 unspecified atom stereocenters. The molecule has 0 aliphatic carbocycles. The summed E-state index contributed by atoms with van der Waals surface area (Å²) >= 11 is 4.56. The Balaban J connectivity index is 0. The van der Waals surface area contributed by atoms with E-state index in [0.29, 0.717) is 4.89 Å². The molecule has 0 aliphatic rings. The SMILES string of the molecule is C=C[CH]([Ni])CC.Cl. The maximum absolute atomic E-state index is 4.56. The molecule has 0 fully saturated rings. The van der Waals surface area contributed by atoms with E-state index < -0.39 is 0 Å². The molecule has 0 N–H and O–H groups in total. The molecule has 0 amide bonds. The van der Waals surface area contributed by atoms with Gasteiger partial charge < -0.3 is 0 Å². The minimum absolute atomic E-state index is 0. The number of rotatable bonds is 2. The first-order valence-corrected chi connectivity index (χ1v) is 2.61. The average molecular weight is 164 g/mol. The number of hydrogen-bond acceptors (Lipinski definition) is 0. The van der Waals surface area contributed by atoms with Crippen molar-refractivity contribution in [3.8, 4) is 0 Å². The summed E-state index contributed by atoms with van der Waals surface area (Å²) < 4.78 is 0. The first-order chi connectivity index (χ1) is 2.81. The Bertz CT molecular complexity index is 45.3. The number of hydrogen-bond donors (Lipinski definition) is 0. The molecular weight excluding hydrogens is 154 g/mol. The Morgan fingerprint density at radius 3 is 2.29 bits per heavy atom. The van der Waals surface area contributed by atoms with Gasteiger partial charge >= 0.3 is 46.4 Å². The Labute approximate surface area is 59.1 Å². The summed E-state index contributed by atoms with van der Waals surface area (Å²) in [6.45, 7) is 5.60. The second kappa shape index (κ2) is 6.52. The van der Waals surface area contributed by atoms with Gasteiger partial charge in [0.15, 0.2) is 0 Å². The zero-order chi connectivity index (χ0) is 4.99. The van der Waals surface area contributed by atoms with Crippen molar-refractivity contribution in [1.29, 1.82) is 0 Å². The van der Waals surface area contributed by atoms with Gasteiger partial charge in [-0.05, 0) is 0 Å². The van der Waals surface area contributed by atoms with Crippen molar-refractivity contribution in [3.05, 3.63) is 12.7 Å². The van der Waals surface area contributed by atoms with Crippen LogP contribution in [-0.2, 0) is 15.5 Å². The molecule has 2 heteroatoms. The van der Waals surface area contributed by atoms with Crippen molar-refractivity contribution in [2.24, 2.45) is 0 Å². The third-order valence-electron chi connectivity index (χ3n) is 0.606. The van der Waals surface area contributed by atoms with Gasteiger partial charge in [0.05, 0.1) is 0 Å². The molecular formula is C5H10ClNi. The smallest absolute Gasteiger partial charge is 0.147 e. The van der Waals surface area contributed by atoms with Gasteiger partial charge in [0.2, 0.25) is 0 Å². The summed E-state index contributed by atoms with van der Waals surface area (Å²) in [5.41, 5.74) is 0. The van der Waals surface area contributed by atoms with Crippen molar-refractivity contribution in [3.63, 3.8) is 0 Å². The molecule has 0 aromatic carbocycles. The predicted molar refractivity (Wildman–Crippen MR) is 31.5 cm³/mol. The zero-order valence-corrected chi connectivity index (χ0v) is 6.10. The largest absolute Gasteiger partial charge is 0.147 e.